The summed E-state index contributed by atoms with van der Waals surface area (Å²) in [5.41, 5.74) is 1.92. The van der Waals surface area contributed by atoms with Gasteiger partial charge < -0.3 is 9.47 Å². The number of halogens is 2. The highest BCUT2D eigenvalue weighted by Gasteiger charge is 2.29. The monoisotopic (exact) mass is 416 g/mol. The van der Waals surface area contributed by atoms with Gasteiger partial charge in [0.1, 0.15) is 5.15 Å². The molecule has 0 aliphatic heterocycles. The van der Waals surface area contributed by atoms with Gasteiger partial charge >= 0.3 is 0 Å². The van der Waals surface area contributed by atoms with E-state index in [1.54, 1.807) is 14.2 Å². The fourth-order valence-electron chi connectivity index (χ4n) is 2.17. The van der Waals surface area contributed by atoms with Gasteiger partial charge in [-0.05, 0) is 53.6 Å². The smallest absolute Gasteiger partial charge is 0.161 e. The van der Waals surface area contributed by atoms with E-state index >= 15 is 0 Å². The molecular weight excluding hydrogens is 403 g/mol. The standard InChI is InChI=1S/C15H14ClIN2O2/c1-20-10-6-5-9(7-11(10)21-2)15-18-13(8-3-4-8)12(17)14(16)19-15/h5-8H,3-4H2,1-2H3. The summed E-state index contributed by atoms with van der Waals surface area (Å²) in [5, 5.41) is 0.511. The van der Waals surface area contributed by atoms with Crippen molar-refractivity contribution in [3.8, 4) is 22.9 Å². The molecule has 0 radical (unpaired) electrons. The van der Waals surface area contributed by atoms with Crippen LogP contribution in [0.2, 0.25) is 5.15 Å². The molecule has 1 heterocycles. The Morgan fingerprint density at radius 1 is 1.14 bits per heavy atom. The molecule has 6 heteroatoms. The number of hydrogen-bond donors (Lipinski definition) is 0. The van der Waals surface area contributed by atoms with Gasteiger partial charge in [0.2, 0.25) is 0 Å². The normalized spacial score (nSPS) is 14.1. The van der Waals surface area contributed by atoms with Crippen molar-refractivity contribution in [2.45, 2.75) is 18.8 Å². The quantitative estimate of drug-likeness (QED) is 0.551. The highest BCUT2D eigenvalue weighted by Crippen LogP contribution is 2.43. The van der Waals surface area contributed by atoms with Crippen LogP contribution in [0.3, 0.4) is 0 Å². The average Bonchev–Trinajstić information content (AvgIpc) is 3.33. The third kappa shape index (κ3) is 2.94. The minimum atomic E-state index is 0.511. The first-order chi connectivity index (χ1) is 10.1. The Bertz CT molecular complexity index is 690. The van der Waals surface area contributed by atoms with Crippen molar-refractivity contribution in [1.82, 2.24) is 9.97 Å². The van der Waals surface area contributed by atoms with E-state index in [4.69, 9.17) is 26.1 Å². The van der Waals surface area contributed by atoms with E-state index in [1.807, 2.05) is 18.2 Å². The Kier molecular flexibility index (Phi) is 4.21. The predicted molar refractivity (Wildman–Crippen MR) is 90.3 cm³/mol. The van der Waals surface area contributed by atoms with Gasteiger partial charge in [0.15, 0.2) is 17.3 Å². The van der Waals surface area contributed by atoms with E-state index in [9.17, 15) is 0 Å². The van der Waals surface area contributed by atoms with E-state index in [1.165, 1.54) is 12.8 Å². The van der Waals surface area contributed by atoms with Gasteiger partial charge in [-0.15, -0.1) is 0 Å². The molecule has 3 rings (SSSR count). The second-order valence-corrected chi connectivity index (χ2v) is 6.32. The number of aromatic nitrogens is 2. The first-order valence-electron chi connectivity index (χ1n) is 6.59. The third-order valence-corrected chi connectivity index (χ3v) is 5.10. The lowest BCUT2D eigenvalue weighted by Crippen LogP contribution is -2.00. The summed E-state index contributed by atoms with van der Waals surface area (Å²) in [5.74, 6) is 2.49. The maximum absolute atomic E-state index is 6.26. The Balaban J connectivity index is 2.08. The van der Waals surface area contributed by atoms with Gasteiger partial charge in [-0.3, -0.25) is 0 Å². The number of rotatable bonds is 4. The molecule has 1 aliphatic rings. The van der Waals surface area contributed by atoms with Crippen LogP contribution in [-0.4, -0.2) is 24.2 Å². The molecule has 1 aromatic heterocycles. The van der Waals surface area contributed by atoms with Crippen molar-refractivity contribution >= 4 is 34.2 Å². The molecule has 0 bridgehead atoms. The number of benzene rings is 1. The summed E-state index contributed by atoms with van der Waals surface area (Å²) < 4.78 is 11.5. The van der Waals surface area contributed by atoms with Crippen molar-refractivity contribution < 1.29 is 9.47 Å². The highest BCUT2D eigenvalue weighted by atomic mass is 127. The molecule has 0 saturated heterocycles. The van der Waals surface area contributed by atoms with Crippen molar-refractivity contribution in [2.24, 2.45) is 0 Å². The van der Waals surface area contributed by atoms with Gasteiger partial charge in [-0.25, -0.2) is 9.97 Å². The number of hydrogen-bond acceptors (Lipinski definition) is 4. The van der Waals surface area contributed by atoms with Crippen molar-refractivity contribution in [3.05, 3.63) is 32.6 Å². The highest BCUT2D eigenvalue weighted by molar-refractivity contribution is 14.1. The first-order valence-corrected chi connectivity index (χ1v) is 8.05. The molecule has 0 amide bonds. The third-order valence-electron chi connectivity index (χ3n) is 3.44. The summed E-state index contributed by atoms with van der Waals surface area (Å²) in [6.45, 7) is 0. The van der Waals surface area contributed by atoms with Crippen LogP contribution in [0.5, 0.6) is 11.5 Å². The summed E-state index contributed by atoms with van der Waals surface area (Å²) >= 11 is 8.48. The van der Waals surface area contributed by atoms with Crippen molar-refractivity contribution in [2.75, 3.05) is 14.2 Å². The van der Waals surface area contributed by atoms with Crippen LogP contribution in [0.25, 0.3) is 11.4 Å². The molecule has 4 nitrogen and oxygen atoms in total. The summed E-state index contributed by atoms with van der Waals surface area (Å²) in [7, 11) is 3.22. The van der Waals surface area contributed by atoms with Crippen LogP contribution >= 0.6 is 34.2 Å². The van der Waals surface area contributed by atoms with E-state index in [0.717, 1.165) is 14.8 Å². The Morgan fingerprint density at radius 2 is 1.86 bits per heavy atom. The van der Waals surface area contributed by atoms with Crippen molar-refractivity contribution in [1.29, 1.82) is 0 Å². The molecule has 1 saturated carbocycles. The Labute approximate surface area is 142 Å². The van der Waals surface area contributed by atoms with Crippen LogP contribution in [0.4, 0.5) is 0 Å². The maximum atomic E-state index is 6.26. The van der Waals surface area contributed by atoms with Gasteiger partial charge in [-0.1, -0.05) is 11.6 Å². The molecule has 0 atom stereocenters. The van der Waals surface area contributed by atoms with E-state index in [-0.39, 0.29) is 0 Å². The first kappa shape index (κ1) is 14.8. The van der Waals surface area contributed by atoms with Crippen LogP contribution in [0.15, 0.2) is 18.2 Å². The lowest BCUT2D eigenvalue weighted by atomic mass is 10.1. The van der Waals surface area contributed by atoms with Gasteiger partial charge in [-0.2, -0.15) is 0 Å². The minimum absolute atomic E-state index is 0.511. The lowest BCUT2D eigenvalue weighted by Gasteiger charge is -2.11. The molecule has 2 aromatic rings. The zero-order valence-corrected chi connectivity index (χ0v) is 14.6. The largest absolute Gasteiger partial charge is 0.493 e. The van der Waals surface area contributed by atoms with E-state index in [0.29, 0.717) is 28.4 Å². The molecule has 1 aromatic carbocycles. The molecular formula is C15H14ClIN2O2. The fourth-order valence-corrected chi connectivity index (χ4v) is 3.03. The molecule has 0 spiro atoms. The average molecular weight is 417 g/mol. The zero-order chi connectivity index (χ0) is 15.0. The molecule has 1 aliphatic carbocycles. The summed E-state index contributed by atoms with van der Waals surface area (Å²) in [4.78, 5) is 9.09. The molecule has 1 fully saturated rings. The maximum Gasteiger partial charge on any atom is 0.161 e. The Hall–Kier alpha value is -1.08. The second-order valence-electron chi connectivity index (χ2n) is 4.88. The minimum Gasteiger partial charge on any atom is -0.493 e. The molecule has 110 valence electrons. The van der Waals surface area contributed by atoms with Gasteiger partial charge in [0, 0.05) is 11.5 Å². The topological polar surface area (TPSA) is 44.2 Å². The summed E-state index contributed by atoms with van der Waals surface area (Å²) in [6.07, 6.45) is 2.35. The second kappa shape index (κ2) is 5.96. The van der Waals surface area contributed by atoms with Crippen LogP contribution in [-0.2, 0) is 0 Å². The lowest BCUT2D eigenvalue weighted by molar-refractivity contribution is 0.355. The molecule has 21 heavy (non-hydrogen) atoms. The molecule has 0 N–H and O–H groups in total. The number of ether oxygens (including phenoxy) is 2. The Morgan fingerprint density at radius 3 is 2.48 bits per heavy atom. The zero-order valence-electron chi connectivity index (χ0n) is 11.7. The van der Waals surface area contributed by atoms with Crippen molar-refractivity contribution in [3.63, 3.8) is 0 Å². The van der Waals surface area contributed by atoms with Crippen LogP contribution in [0.1, 0.15) is 24.5 Å². The van der Waals surface area contributed by atoms with E-state index in [2.05, 4.69) is 27.6 Å². The van der Waals surface area contributed by atoms with Crippen LogP contribution < -0.4 is 9.47 Å². The number of methoxy groups -OCH3 is 2. The number of nitrogens with zero attached hydrogens (tertiary/aromatic N) is 2. The molecule has 0 unspecified atom stereocenters. The predicted octanol–water partition coefficient (Wildman–Crippen LogP) is 4.30. The van der Waals surface area contributed by atoms with Gasteiger partial charge in [0.05, 0.1) is 23.5 Å². The SMILES string of the molecule is COc1ccc(-c2nc(Cl)c(I)c(C3CC3)n2)cc1OC. The van der Waals surface area contributed by atoms with Crippen LogP contribution in [0, 0.1) is 3.57 Å². The van der Waals surface area contributed by atoms with Gasteiger partial charge in [0.25, 0.3) is 0 Å². The summed E-state index contributed by atoms with van der Waals surface area (Å²) in [6, 6.07) is 5.63. The fraction of sp³-hybridized carbons (Fsp3) is 0.333. The van der Waals surface area contributed by atoms with E-state index < -0.39 is 0 Å².